The van der Waals surface area contributed by atoms with Gasteiger partial charge in [0, 0.05) is 28.9 Å². The van der Waals surface area contributed by atoms with Gasteiger partial charge in [-0.25, -0.2) is 0 Å². The maximum absolute atomic E-state index is 12.8. The highest BCUT2D eigenvalue weighted by atomic mass is 35.5. The third-order valence-electron chi connectivity index (χ3n) is 4.83. The summed E-state index contributed by atoms with van der Waals surface area (Å²) in [6.45, 7) is -0.181. The quantitative estimate of drug-likeness (QED) is 0.419. The molecule has 0 unspecified atom stereocenters. The van der Waals surface area contributed by atoms with Crippen LogP contribution < -0.4 is 19.2 Å². The Bertz CT molecular complexity index is 1280. The number of carbonyl (C=O) groups excluding carboxylic acids is 1. The van der Waals surface area contributed by atoms with Gasteiger partial charge in [-0.15, -0.1) is 0 Å². The molecule has 3 N–H and O–H groups in total. The van der Waals surface area contributed by atoms with Crippen molar-refractivity contribution in [3.63, 3.8) is 0 Å². The zero-order valence-corrected chi connectivity index (χ0v) is 17.4. The zero-order valence-electron chi connectivity index (χ0n) is 16.6. The third-order valence-corrected chi connectivity index (χ3v) is 5.07. The van der Waals surface area contributed by atoms with Crippen molar-refractivity contribution in [3.8, 4) is 23.3 Å². The second-order valence-electron chi connectivity index (χ2n) is 6.82. The molecule has 1 aromatic heterocycles. The Hall–Kier alpha value is -3.84. The van der Waals surface area contributed by atoms with Gasteiger partial charge in [-0.2, -0.15) is 0 Å². The van der Waals surface area contributed by atoms with E-state index in [9.17, 15) is 15.0 Å². The first kappa shape index (κ1) is 20.4. The number of benzene rings is 3. The summed E-state index contributed by atoms with van der Waals surface area (Å²) in [6.07, 6.45) is 0. The molecule has 0 radical (unpaired) electrons. The van der Waals surface area contributed by atoms with Gasteiger partial charge in [0.1, 0.15) is 5.75 Å². The molecule has 0 fully saturated rings. The van der Waals surface area contributed by atoms with Crippen LogP contribution in [-0.4, -0.2) is 23.2 Å². The second kappa shape index (κ2) is 8.49. The summed E-state index contributed by atoms with van der Waals surface area (Å²) in [4.78, 5) is 12.8. The minimum Gasteiger partial charge on any atom is -0.497 e. The van der Waals surface area contributed by atoms with Gasteiger partial charge in [0.2, 0.25) is 17.7 Å². The number of nitrogens with one attached hydrogen (secondary N) is 1. The Labute approximate surface area is 183 Å². The number of amides is 1. The molecule has 7 nitrogen and oxygen atoms in total. The van der Waals surface area contributed by atoms with Crippen LogP contribution in [-0.2, 0) is 11.3 Å². The van der Waals surface area contributed by atoms with Gasteiger partial charge in [0.05, 0.1) is 7.11 Å². The van der Waals surface area contributed by atoms with E-state index >= 15 is 0 Å². The van der Waals surface area contributed by atoms with Gasteiger partial charge in [0.25, 0.3) is 5.91 Å². The summed E-state index contributed by atoms with van der Waals surface area (Å²) in [5.74, 6) is 0.165. The highest BCUT2D eigenvalue weighted by Gasteiger charge is 2.36. The summed E-state index contributed by atoms with van der Waals surface area (Å²) >= 11 is 6.10. The normalized spacial score (nSPS) is 10.8. The van der Waals surface area contributed by atoms with E-state index in [2.05, 4.69) is 5.32 Å². The molecular formula is C23H20ClN3O4+2. The number of hydrogen-bond acceptors (Lipinski definition) is 4. The maximum Gasteiger partial charge on any atom is 0.638 e. The minimum atomic E-state index is -0.348. The predicted octanol–water partition coefficient (Wildman–Crippen LogP) is 3.12. The van der Waals surface area contributed by atoms with Crippen molar-refractivity contribution in [1.82, 2.24) is 0 Å². The summed E-state index contributed by atoms with van der Waals surface area (Å²) in [6, 6.07) is 20.3. The van der Waals surface area contributed by atoms with Crippen molar-refractivity contribution in [3.05, 3.63) is 77.8 Å². The van der Waals surface area contributed by atoms with Gasteiger partial charge in [0.15, 0.2) is 5.39 Å². The number of carbonyl (C=O) groups is 1. The Balaban J connectivity index is 1.76. The first-order valence-electron chi connectivity index (χ1n) is 9.46. The standard InChI is InChI=1S/C23H18ClN3O4/c1-31-18-11-9-16(10-12-18)25-21(28)14-26-20-8-3-2-7-19(20)22(29)27(23(26)30)17-6-4-5-15(24)13-17/h2-13H,14H2,1H3,(H,25,28)/p+2. The Morgan fingerprint density at radius 2 is 1.77 bits per heavy atom. The maximum atomic E-state index is 12.8. The molecule has 156 valence electrons. The van der Waals surface area contributed by atoms with Crippen LogP contribution in [0.25, 0.3) is 16.6 Å². The highest BCUT2D eigenvalue weighted by Crippen LogP contribution is 2.23. The fourth-order valence-corrected chi connectivity index (χ4v) is 3.55. The van der Waals surface area contributed by atoms with Crippen molar-refractivity contribution in [1.29, 1.82) is 0 Å². The second-order valence-corrected chi connectivity index (χ2v) is 7.26. The van der Waals surface area contributed by atoms with E-state index in [1.807, 2.05) is 0 Å². The van der Waals surface area contributed by atoms with E-state index in [1.54, 1.807) is 79.9 Å². The van der Waals surface area contributed by atoms with E-state index in [1.165, 1.54) is 9.13 Å². The van der Waals surface area contributed by atoms with Gasteiger partial charge in [-0.3, -0.25) is 4.79 Å². The van der Waals surface area contributed by atoms with Crippen molar-refractivity contribution >= 4 is 34.1 Å². The fraction of sp³-hybridized carbons (Fsp3) is 0.0870. The lowest BCUT2D eigenvalue weighted by atomic mass is 10.2. The molecule has 31 heavy (non-hydrogen) atoms. The van der Waals surface area contributed by atoms with Crippen LogP contribution in [0.5, 0.6) is 17.6 Å². The number of para-hydroxylation sites is 1. The molecule has 0 spiro atoms. The number of rotatable bonds is 5. The van der Waals surface area contributed by atoms with Crippen LogP contribution in [0.2, 0.25) is 5.02 Å². The first-order valence-corrected chi connectivity index (χ1v) is 9.84. The number of anilines is 1. The lowest BCUT2D eigenvalue weighted by Gasteiger charge is -2.07. The van der Waals surface area contributed by atoms with Crippen LogP contribution >= 0.6 is 11.6 Å². The largest absolute Gasteiger partial charge is 0.638 e. The third kappa shape index (κ3) is 4.08. The molecule has 1 heterocycles. The molecule has 0 saturated heterocycles. The molecule has 1 amide bonds. The van der Waals surface area contributed by atoms with Crippen molar-refractivity contribution in [2.75, 3.05) is 12.4 Å². The average molecular weight is 438 g/mol. The predicted molar refractivity (Wildman–Crippen MR) is 116 cm³/mol. The molecule has 0 aliphatic heterocycles. The topological polar surface area (TPSA) is 86.5 Å². The molecule has 0 bridgehead atoms. The lowest BCUT2D eigenvalue weighted by Crippen LogP contribution is -2.49. The van der Waals surface area contributed by atoms with Crippen LogP contribution in [0.4, 0.5) is 5.69 Å². The van der Waals surface area contributed by atoms with Crippen molar-refractivity contribution in [2.45, 2.75) is 6.54 Å². The van der Waals surface area contributed by atoms with E-state index in [-0.39, 0.29) is 24.3 Å². The molecule has 0 saturated carbocycles. The molecule has 0 aliphatic rings. The Morgan fingerprint density at radius 1 is 1.03 bits per heavy atom. The van der Waals surface area contributed by atoms with Crippen LogP contribution in [0.15, 0.2) is 72.8 Å². The molecule has 0 aliphatic carbocycles. The SMILES string of the molecule is COc1ccc(NC(=O)C[n+]2c(O)[n+](-c3cccc(Cl)c3)c(O)c3ccccc32)cc1. The smallest absolute Gasteiger partial charge is 0.497 e. The van der Waals surface area contributed by atoms with Gasteiger partial charge in [-0.05, 0) is 41.0 Å². The van der Waals surface area contributed by atoms with Gasteiger partial charge < -0.3 is 20.3 Å². The number of fused-ring (bicyclic) bond motifs is 1. The lowest BCUT2D eigenvalue weighted by molar-refractivity contribution is -0.774. The molecule has 4 rings (SSSR count). The van der Waals surface area contributed by atoms with Crippen LogP contribution in [0.3, 0.4) is 0 Å². The van der Waals surface area contributed by atoms with Crippen LogP contribution in [0.1, 0.15) is 0 Å². The van der Waals surface area contributed by atoms with Gasteiger partial charge in [-0.1, -0.05) is 34.4 Å². The number of methoxy groups -OCH3 is 1. The number of aromatic hydroxyl groups is 2. The van der Waals surface area contributed by atoms with Crippen molar-refractivity contribution < 1.29 is 28.9 Å². The molecule has 0 atom stereocenters. The minimum absolute atomic E-state index is 0.165. The first-order chi connectivity index (χ1) is 15.0. The average Bonchev–Trinajstić information content (AvgIpc) is 2.77. The number of nitrogens with zero attached hydrogens (tertiary/aromatic N) is 2. The summed E-state index contributed by atoms with van der Waals surface area (Å²) in [5.41, 5.74) is 1.55. The van der Waals surface area contributed by atoms with E-state index in [0.717, 1.165) is 0 Å². The number of hydrogen-bond donors (Lipinski definition) is 3. The van der Waals surface area contributed by atoms with E-state index < -0.39 is 0 Å². The molecule has 3 aromatic carbocycles. The molecular weight excluding hydrogens is 418 g/mol. The van der Waals surface area contributed by atoms with E-state index in [4.69, 9.17) is 16.3 Å². The molecule has 8 heteroatoms. The van der Waals surface area contributed by atoms with Crippen molar-refractivity contribution in [2.24, 2.45) is 0 Å². The Kier molecular flexibility index (Phi) is 5.60. The fourth-order valence-electron chi connectivity index (χ4n) is 3.37. The summed E-state index contributed by atoms with van der Waals surface area (Å²) < 4.78 is 7.79. The van der Waals surface area contributed by atoms with E-state index in [0.29, 0.717) is 33.0 Å². The van der Waals surface area contributed by atoms with Gasteiger partial charge >= 0.3 is 11.9 Å². The zero-order chi connectivity index (χ0) is 22.0. The monoisotopic (exact) mass is 437 g/mol. The van der Waals surface area contributed by atoms with Crippen LogP contribution in [0, 0.1) is 0 Å². The number of ether oxygens (including phenoxy) is 1. The Morgan fingerprint density at radius 3 is 2.48 bits per heavy atom. The molecule has 4 aromatic rings. The highest BCUT2D eigenvalue weighted by molar-refractivity contribution is 6.30. The summed E-state index contributed by atoms with van der Waals surface area (Å²) in [7, 11) is 1.57. The number of halogens is 1. The number of aromatic nitrogens is 2. The summed E-state index contributed by atoms with van der Waals surface area (Å²) in [5, 5.41) is 25.6.